The smallest absolute Gasteiger partial charge is 0.126 e. The zero-order valence-electron chi connectivity index (χ0n) is 12.2. The Kier molecular flexibility index (Phi) is 7.62. The number of nitrogens with one attached hydrogen (secondary N) is 1. The third-order valence-electron chi connectivity index (χ3n) is 3.18. The average molecular weight is 330 g/mol. The van der Waals surface area contributed by atoms with Crippen molar-refractivity contribution in [2.45, 2.75) is 40.0 Å². The summed E-state index contributed by atoms with van der Waals surface area (Å²) in [6, 6.07) is 5.21. The quantitative estimate of drug-likeness (QED) is 0.676. The molecular weight excluding hydrogens is 305 g/mol. The molecule has 1 unspecified atom stereocenters. The number of hydrogen-bond donors (Lipinski definition) is 1. The first kappa shape index (κ1) is 16.6. The lowest BCUT2D eigenvalue weighted by Gasteiger charge is -2.20. The predicted molar refractivity (Wildman–Crippen MR) is 83.9 cm³/mol. The first-order valence-electron chi connectivity index (χ1n) is 7.17. The van der Waals surface area contributed by atoms with Gasteiger partial charge in [-0.1, -0.05) is 36.7 Å². The van der Waals surface area contributed by atoms with E-state index in [2.05, 4.69) is 42.0 Å². The lowest BCUT2D eigenvalue weighted by atomic mass is 9.90. The largest absolute Gasteiger partial charge is 0.316 e. The predicted octanol–water partition coefficient (Wildman–Crippen LogP) is 4.79. The van der Waals surface area contributed by atoms with Crippen LogP contribution in [0.3, 0.4) is 0 Å². The van der Waals surface area contributed by atoms with E-state index in [4.69, 9.17) is 0 Å². The topological polar surface area (TPSA) is 12.0 Å². The Morgan fingerprint density at radius 2 is 2.05 bits per heavy atom. The molecular formula is C16H25BrFN. The van der Waals surface area contributed by atoms with Crippen molar-refractivity contribution in [2.75, 3.05) is 13.1 Å². The number of rotatable bonds is 8. The lowest BCUT2D eigenvalue weighted by Crippen LogP contribution is -2.26. The Hall–Kier alpha value is -0.410. The van der Waals surface area contributed by atoms with Gasteiger partial charge in [-0.3, -0.25) is 0 Å². The van der Waals surface area contributed by atoms with Crippen molar-refractivity contribution < 1.29 is 4.39 Å². The van der Waals surface area contributed by atoms with E-state index in [0.29, 0.717) is 11.8 Å². The highest BCUT2D eigenvalue weighted by molar-refractivity contribution is 9.10. The van der Waals surface area contributed by atoms with Crippen molar-refractivity contribution in [1.82, 2.24) is 5.32 Å². The minimum Gasteiger partial charge on any atom is -0.316 e. The minimum atomic E-state index is -0.0903. The number of benzene rings is 1. The Balaban J connectivity index is 2.66. The molecule has 19 heavy (non-hydrogen) atoms. The van der Waals surface area contributed by atoms with E-state index < -0.39 is 0 Å². The molecule has 3 heteroatoms. The fourth-order valence-corrected chi connectivity index (χ4v) is 2.81. The van der Waals surface area contributed by atoms with Crippen LogP contribution < -0.4 is 5.32 Å². The van der Waals surface area contributed by atoms with Crippen LogP contribution in [0.1, 0.15) is 39.2 Å². The summed E-state index contributed by atoms with van der Waals surface area (Å²) < 4.78 is 14.8. The van der Waals surface area contributed by atoms with Gasteiger partial charge in [-0.25, -0.2) is 4.39 Å². The van der Waals surface area contributed by atoms with Gasteiger partial charge >= 0.3 is 0 Å². The third kappa shape index (κ3) is 6.53. The summed E-state index contributed by atoms with van der Waals surface area (Å²) in [5.41, 5.74) is 0.818. The van der Waals surface area contributed by atoms with Crippen LogP contribution in [0.25, 0.3) is 0 Å². The van der Waals surface area contributed by atoms with E-state index >= 15 is 0 Å². The molecule has 0 bridgehead atoms. The van der Waals surface area contributed by atoms with Crippen molar-refractivity contribution in [1.29, 1.82) is 0 Å². The highest BCUT2D eigenvalue weighted by atomic mass is 79.9. The number of halogens is 2. The second kappa shape index (κ2) is 8.70. The molecule has 1 N–H and O–H groups in total. The van der Waals surface area contributed by atoms with Gasteiger partial charge in [0.15, 0.2) is 0 Å². The average Bonchev–Trinajstić information content (AvgIpc) is 2.33. The van der Waals surface area contributed by atoms with E-state index in [-0.39, 0.29) is 5.82 Å². The van der Waals surface area contributed by atoms with Gasteiger partial charge in [-0.2, -0.15) is 0 Å². The van der Waals surface area contributed by atoms with Gasteiger partial charge in [0.1, 0.15) is 5.82 Å². The standard InChI is InChI=1S/C16H25BrFN/c1-4-7-19-11-13(8-12(2)3)9-14-10-15(17)5-6-16(14)18/h5-6,10,12-13,19H,4,7-9,11H2,1-3H3. The van der Waals surface area contributed by atoms with Crippen LogP contribution in [0.2, 0.25) is 0 Å². The summed E-state index contributed by atoms with van der Waals surface area (Å²) in [7, 11) is 0. The molecule has 0 aromatic heterocycles. The van der Waals surface area contributed by atoms with Crippen LogP contribution in [-0.4, -0.2) is 13.1 Å². The molecule has 108 valence electrons. The maximum absolute atomic E-state index is 13.8. The van der Waals surface area contributed by atoms with Crippen molar-refractivity contribution in [3.63, 3.8) is 0 Å². The second-order valence-electron chi connectivity index (χ2n) is 5.64. The van der Waals surface area contributed by atoms with Crippen molar-refractivity contribution in [3.05, 3.63) is 34.1 Å². The van der Waals surface area contributed by atoms with Crippen LogP contribution in [0.5, 0.6) is 0 Å². The van der Waals surface area contributed by atoms with Gasteiger partial charge in [0.05, 0.1) is 0 Å². The van der Waals surface area contributed by atoms with Gasteiger partial charge in [0, 0.05) is 4.47 Å². The Morgan fingerprint density at radius 3 is 2.68 bits per heavy atom. The molecule has 0 aliphatic heterocycles. The molecule has 0 amide bonds. The summed E-state index contributed by atoms with van der Waals surface area (Å²) in [6.45, 7) is 8.63. The van der Waals surface area contributed by atoms with Crippen LogP contribution in [0, 0.1) is 17.7 Å². The van der Waals surface area contributed by atoms with Crippen molar-refractivity contribution in [3.8, 4) is 0 Å². The summed E-state index contributed by atoms with van der Waals surface area (Å²) in [6.07, 6.45) is 3.07. The van der Waals surface area contributed by atoms with E-state index in [1.54, 1.807) is 12.1 Å². The molecule has 0 saturated heterocycles. The van der Waals surface area contributed by atoms with Crippen LogP contribution in [0.4, 0.5) is 4.39 Å². The fraction of sp³-hybridized carbons (Fsp3) is 0.625. The summed E-state index contributed by atoms with van der Waals surface area (Å²) in [5, 5.41) is 3.46. The third-order valence-corrected chi connectivity index (χ3v) is 3.67. The molecule has 0 heterocycles. The van der Waals surface area contributed by atoms with Gasteiger partial charge in [-0.05, 0) is 68.0 Å². The Bertz CT molecular complexity index is 379. The molecule has 0 radical (unpaired) electrons. The number of hydrogen-bond acceptors (Lipinski definition) is 1. The molecule has 1 aromatic rings. The SMILES string of the molecule is CCCNCC(Cc1cc(Br)ccc1F)CC(C)C. The lowest BCUT2D eigenvalue weighted by molar-refractivity contribution is 0.381. The molecule has 1 nitrogen and oxygen atoms in total. The molecule has 0 spiro atoms. The molecule has 0 fully saturated rings. The highest BCUT2D eigenvalue weighted by Crippen LogP contribution is 2.22. The highest BCUT2D eigenvalue weighted by Gasteiger charge is 2.14. The normalized spacial score (nSPS) is 12.9. The van der Waals surface area contributed by atoms with Crippen LogP contribution in [-0.2, 0) is 6.42 Å². The molecule has 0 aliphatic rings. The van der Waals surface area contributed by atoms with E-state index in [9.17, 15) is 4.39 Å². The first-order valence-corrected chi connectivity index (χ1v) is 7.96. The fourth-order valence-electron chi connectivity index (χ4n) is 2.40. The Labute approximate surface area is 125 Å². The molecule has 1 atom stereocenters. The van der Waals surface area contributed by atoms with Gasteiger partial charge in [-0.15, -0.1) is 0 Å². The molecule has 0 aliphatic carbocycles. The summed E-state index contributed by atoms with van der Waals surface area (Å²) in [4.78, 5) is 0. The van der Waals surface area contributed by atoms with E-state index in [1.165, 1.54) is 0 Å². The molecule has 1 aromatic carbocycles. The van der Waals surface area contributed by atoms with Gasteiger partial charge < -0.3 is 5.32 Å². The monoisotopic (exact) mass is 329 g/mol. The van der Waals surface area contributed by atoms with Crippen molar-refractivity contribution >= 4 is 15.9 Å². The van der Waals surface area contributed by atoms with E-state index in [0.717, 1.165) is 42.4 Å². The maximum atomic E-state index is 13.8. The van der Waals surface area contributed by atoms with Crippen LogP contribution in [0.15, 0.2) is 22.7 Å². The van der Waals surface area contributed by atoms with Gasteiger partial charge in [0.25, 0.3) is 0 Å². The first-order chi connectivity index (χ1) is 9.02. The summed E-state index contributed by atoms with van der Waals surface area (Å²) >= 11 is 3.42. The zero-order chi connectivity index (χ0) is 14.3. The minimum absolute atomic E-state index is 0.0903. The molecule has 0 saturated carbocycles. The summed E-state index contributed by atoms with van der Waals surface area (Å²) in [5.74, 6) is 1.05. The van der Waals surface area contributed by atoms with Crippen LogP contribution >= 0.6 is 15.9 Å². The van der Waals surface area contributed by atoms with E-state index in [1.807, 2.05) is 6.07 Å². The van der Waals surface area contributed by atoms with Gasteiger partial charge in [0.2, 0.25) is 0 Å². The maximum Gasteiger partial charge on any atom is 0.126 e. The Morgan fingerprint density at radius 1 is 1.32 bits per heavy atom. The zero-order valence-corrected chi connectivity index (χ0v) is 13.8. The second-order valence-corrected chi connectivity index (χ2v) is 6.56. The molecule has 1 rings (SSSR count). The van der Waals surface area contributed by atoms with Crippen molar-refractivity contribution in [2.24, 2.45) is 11.8 Å².